The predicted molar refractivity (Wildman–Crippen MR) is 36.7 cm³/mol. The number of unbranched alkanes of at least 4 members (excludes halogenated alkanes) is 1. The van der Waals surface area contributed by atoms with E-state index >= 15 is 0 Å². The molecule has 0 aromatic rings. The highest BCUT2D eigenvalue weighted by Gasteiger charge is 2.13. The van der Waals surface area contributed by atoms with Crippen LogP contribution in [0.2, 0.25) is 0 Å². The van der Waals surface area contributed by atoms with E-state index in [4.69, 9.17) is 12.2 Å². The van der Waals surface area contributed by atoms with Crippen molar-refractivity contribution in [3.63, 3.8) is 0 Å². The van der Waals surface area contributed by atoms with Gasteiger partial charge in [0.25, 0.3) is 6.43 Å². The van der Waals surface area contributed by atoms with Gasteiger partial charge in [0.2, 0.25) is 0 Å². The molecule has 0 aliphatic rings. The Morgan fingerprint density at radius 2 is 2.10 bits per heavy atom. The minimum absolute atomic E-state index is 0.307. The first-order valence-corrected chi connectivity index (χ1v) is 3.15. The van der Waals surface area contributed by atoms with E-state index in [2.05, 4.69) is 5.92 Å². The average molecular weight is 147 g/mol. The summed E-state index contributed by atoms with van der Waals surface area (Å²) in [6.45, 7) is 0. The maximum absolute atomic E-state index is 11.7. The van der Waals surface area contributed by atoms with Crippen molar-refractivity contribution in [2.24, 2.45) is 5.73 Å². The Kier molecular flexibility index (Phi) is 4.87. The van der Waals surface area contributed by atoms with Crippen molar-refractivity contribution in [3.05, 3.63) is 0 Å². The first kappa shape index (κ1) is 9.38. The number of alkyl halides is 2. The van der Waals surface area contributed by atoms with Gasteiger partial charge in [-0.1, -0.05) is 0 Å². The van der Waals surface area contributed by atoms with Crippen LogP contribution in [-0.2, 0) is 0 Å². The molecule has 0 aliphatic carbocycles. The molecule has 10 heavy (non-hydrogen) atoms. The Bertz CT molecular complexity index is 117. The van der Waals surface area contributed by atoms with Crippen LogP contribution in [0, 0.1) is 12.3 Å². The fraction of sp³-hybridized carbons (Fsp3) is 0.714. The maximum atomic E-state index is 11.7. The van der Waals surface area contributed by atoms with Crippen LogP contribution in [-0.4, -0.2) is 12.5 Å². The lowest BCUT2D eigenvalue weighted by Crippen LogP contribution is -2.28. The molecule has 0 aromatic heterocycles. The fourth-order valence-electron chi connectivity index (χ4n) is 0.566. The zero-order chi connectivity index (χ0) is 7.98. The second-order valence-corrected chi connectivity index (χ2v) is 2.09. The Morgan fingerprint density at radius 3 is 2.50 bits per heavy atom. The largest absolute Gasteiger partial charge is 0.323 e. The molecule has 0 aromatic carbocycles. The molecule has 0 aliphatic heterocycles. The van der Waals surface area contributed by atoms with Crippen molar-refractivity contribution in [1.82, 2.24) is 0 Å². The van der Waals surface area contributed by atoms with E-state index in [1.807, 2.05) is 0 Å². The van der Waals surface area contributed by atoms with Crippen LogP contribution in [0.1, 0.15) is 19.3 Å². The molecule has 58 valence electrons. The van der Waals surface area contributed by atoms with E-state index in [9.17, 15) is 8.78 Å². The van der Waals surface area contributed by atoms with Crippen molar-refractivity contribution in [2.75, 3.05) is 0 Å². The second kappa shape index (κ2) is 5.19. The van der Waals surface area contributed by atoms with Gasteiger partial charge in [-0.05, 0) is 12.8 Å². The van der Waals surface area contributed by atoms with Crippen LogP contribution in [0.5, 0.6) is 0 Å². The first-order valence-electron chi connectivity index (χ1n) is 3.15. The van der Waals surface area contributed by atoms with E-state index < -0.39 is 12.5 Å². The molecule has 0 heterocycles. The predicted octanol–water partition coefficient (Wildman–Crippen LogP) is 1.38. The zero-order valence-corrected chi connectivity index (χ0v) is 5.69. The summed E-state index contributed by atoms with van der Waals surface area (Å²) in [5, 5.41) is 0. The highest BCUT2D eigenvalue weighted by molar-refractivity contribution is 4.83. The minimum Gasteiger partial charge on any atom is -0.323 e. The molecular weight excluding hydrogens is 136 g/mol. The van der Waals surface area contributed by atoms with E-state index in [0.29, 0.717) is 19.3 Å². The minimum atomic E-state index is -2.42. The van der Waals surface area contributed by atoms with Crippen LogP contribution in [0.3, 0.4) is 0 Å². The average Bonchev–Trinajstić information content (AvgIpc) is 1.88. The molecule has 0 saturated carbocycles. The van der Waals surface area contributed by atoms with Gasteiger partial charge < -0.3 is 5.73 Å². The fourth-order valence-corrected chi connectivity index (χ4v) is 0.566. The standard InChI is InChI=1S/C7H11F2N/c1-2-3-4-5-6(10)7(8)9/h1,6-7H,3-5,10H2. The lowest BCUT2D eigenvalue weighted by molar-refractivity contribution is 0.111. The summed E-state index contributed by atoms with van der Waals surface area (Å²) in [6, 6.07) is -1.01. The maximum Gasteiger partial charge on any atom is 0.253 e. The van der Waals surface area contributed by atoms with Crippen molar-refractivity contribution in [3.8, 4) is 12.3 Å². The Balaban J connectivity index is 3.23. The van der Waals surface area contributed by atoms with Gasteiger partial charge in [-0.3, -0.25) is 0 Å². The number of hydrogen-bond donors (Lipinski definition) is 1. The van der Waals surface area contributed by atoms with Gasteiger partial charge >= 0.3 is 0 Å². The highest BCUT2D eigenvalue weighted by atomic mass is 19.3. The number of rotatable bonds is 4. The molecule has 0 fully saturated rings. The lowest BCUT2D eigenvalue weighted by Gasteiger charge is -2.07. The molecule has 0 radical (unpaired) electrons. The van der Waals surface area contributed by atoms with E-state index in [1.54, 1.807) is 0 Å². The molecule has 0 saturated heterocycles. The number of terminal acetylenes is 1. The first-order chi connectivity index (χ1) is 4.68. The normalized spacial score (nSPS) is 13.1. The monoisotopic (exact) mass is 147 g/mol. The summed E-state index contributed by atoms with van der Waals surface area (Å²) in [4.78, 5) is 0. The summed E-state index contributed by atoms with van der Waals surface area (Å²) in [5.41, 5.74) is 5.04. The molecule has 0 rings (SSSR count). The van der Waals surface area contributed by atoms with Crippen LogP contribution in [0.25, 0.3) is 0 Å². The third kappa shape index (κ3) is 4.28. The summed E-state index contributed by atoms with van der Waals surface area (Å²) >= 11 is 0. The number of nitrogens with two attached hydrogens (primary N) is 1. The van der Waals surface area contributed by atoms with Crippen molar-refractivity contribution in [1.29, 1.82) is 0 Å². The molecule has 0 bridgehead atoms. The summed E-state index contributed by atoms with van der Waals surface area (Å²) in [5.74, 6) is 2.36. The van der Waals surface area contributed by atoms with Gasteiger partial charge in [0, 0.05) is 6.42 Å². The van der Waals surface area contributed by atoms with E-state index in [-0.39, 0.29) is 0 Å². The highest BCUT2D eigenvalue weighted by Crippen LogP contribution is 2.05. The topological polar surface area (TPSA) is 26.0 Å². The Morgan fingerprint density at radius 1 is 1.50 bits per heavy atom. The van der Waals surface area contributed by atoms with Gasteiger partial charge in [0.15, 0.2) is 0 Å². The van der Waals surface area contributed by atoms with Gasteiger partial charge in [0.1, 0.15) is 0 Å². The van der Waals surface area contributed by atoms with Gasteiger partial charge in [-0.25, -0.2) is 8.78 Å². The third-order valence-corrected chi connectivity index (χ3v) is 1.18. The van der Waals surface area contributed by atoms with Crippen LogP contribution >= 0.6 is 0 Å². The van der Waals surface area contributed by atoms with E-state index in [1.165, 1.54) is 0 Å². The van der Waals surface area contributed by atoms with Gasteiger partial charge in [-0.15, -0.1) is 12.3 Å². The summed E-state index contributed by atoms with van der Waals surface area (Å²) < 4.78 is 23.4. The second-order valence-electron chi connectivity index (χ2n) is 2.09. The van der Waals surface area contributed by atoms with Crippen molar-refractivity contribution in [2.45, 2.75) is 31.7 Å². The molecular formula is C7H11F2N. The third-order valence-electron chi connectivity index (χ3n) is 1.18. The molecule has 1 unspecified atom stereocenters. The summed E-state index contributed by atoms with van der Waals surface area (Å²) in [6.07, 6.45) is 3.91. The summed E-state index contributed by atoms with van der Waals surface area (Å²) in [7, 11) is 0. The van der Waals surface area contributed by atoms with Crippen molar-refractivity contribution < 1.29 is 8.78 Å². The Hall–Kier alpha value is -0.620. The molecule has 0 spiro atoms. The molecule has 3 heteroatoms. The zero-order valence-electron chi connectivity index (χ0n) is 5.69. The van der Waals surface area contributed by atoms with E-state index in [0.717, 1.165) is 0 Å². The quantitative estimate of drug-likeness (QED) is 0.472. The lowest BCUT2D eigenvalue weighted by atomic mass is 10.1. The van der Waals surface area contributed by atoms with Crippen LogP contribution in [0.4, 0.5) is 8.78 Å². The molecule has 0 amide bonds. The van der Waals surface area contributed by atoms with Gasteiger partial charge in [0.05, 0.1) is 6.04 Å². The molecule has 2 N–H and O–H groups in total. The number of halogens is 2. The SMILES string of the molecule is C#CCCCC(N)C(F)F. The molecule has 1 nitrogen and oxygen atoms in total. The van der Waals surface area contributed by atoms with Crippen LogP contribution in [0.15, 0.2) is 0 Å². The molecule has 1 atom stereocenters. The van der Waals surface area contributed by atoms with Crippen molar-refractivity contribution >= 4 is 0 Å². The Labute approximate surface area is 59.6 Å². The number of hydrogen-bond acceptors (Lipinski definition) is 1. The van der Waals surface area contributed by atoms with Crippen LogP contribution < -0.4 is 5.73 Å². The smallest absolute Gasteiger partial charge is 0.253 e. The van der Waals surface area contributed by atoms with Gasteiger partial charge in [-0.2, -0.15) is 0 Å².